The molecular formula is C20H21FN4O. The number of anilines is 1. The summed E-state index contributed by atoms with van der Waals surface area (Å²) in [5.41, 5.74) is 8.91. The fourth-order valence-corrected chi connectivity index (χ4v) is 3.47. The van der Waals surface area contributed by atoms with Crippen LogP contribution in [0, 0.1) is 5.82 Å². The first-order valence-corrected chi connectivity index (χ1v) is 8.77. The van der Waals surface area contributed by atoms with E-state index in [2.05, 4.69) is 20.9 Å². The Balaban J connectivity index is 1.95. The maximum Gasteiger partial charge on any atom is 0.168 e. The highest BCUT2D eigenvalue weighted by Gasteiger charge is 2.26. The van der Waals surface area contributed by atoms with Crippen molar-refractivity contribution in [2.24, 2.45) is 5.73 Å². The molecule has 134 valence electrons. The largest absolute Gasteiger partial charge is 0.507 e. The standard InChI is InChI=1S/C20H21FN4O/c1-12-4-2-5-14-16(10-12)23-19(18-15(21)6-3-7-17(18)26)24-20(14)25-9-8-13(22)11-25/h2-3,5-7,10,13,26H,4,8-9,11,22H2,1H3. The number of hydrogen-bond acceptors (Lipinski definition) is 5. The first-order chi connectivity index (χ1) is 12.5. The lowest BCUT2D eigenvalue weighted by Crippen LogP contribution is -2.28. The van der Waals surface area contributed by atoms with Crippen LogP contribution in [-0.4, -0.2) is 34.2 Å². The number of rotatable bonds is 2. The first-order valence-electron chi connectivity index (χ1n) is 8.77. The predicted octanol–water partition coefficient (Wildman–Crippen LogP) is 3.35. The van der Waals surface area contributed by atoms with Crippen LogP contribution in [0.2, 0.25) is 0 Å². The molecule has 1 aliphatic carbocycles. The molecule has 1 aromatic heterocycles. The highest BCUT2D eigenvalue weighted by molar-refractivity contribution is 5.78. The molecule has 2 heterocycles. The minimum atomic E-state index is -0.543. The zero-order chi connectivity index (χ0) is 18.3. The molecule has 1 fully saturated rings. The smallest absolute Gasteiger partial charge is 0.168 e. The fraction of sp³-hybridized carbons (Fsp3) is 0.300. The van der Waals surface area contributed by atoms with Gasteiger partial charge in [0.2, 0.25) is 0 Å². The SMILES string of the molecule is CC1=Cc2nc(-c3c(O)cccc3F)nc(N3CCC(N)C3)c2C=CC1. The molecule has 3 N–H and O–H groups in total. The van der Waals surface area contributed by atoms with E-state index in [0.717, 1.165) is 42.0 Å². The molecule has 0 amide bonds. The molecule has 2 aromatic rings. The van der Waals surface area contributed by atoms with Crippen LogP contribution in [0.3, 0.4) is 0 Å². The topological polar surface area (TPSA) is 75.3 Å². The fourth-order valence-electron chi connectivity index (χ4n) is 3.47. The van der Waals surface area contributed by atoms with E-state index >= 15 is 0 Å². The lowest BCUT2D eigenvalue weighted by Gasteiger charge is -2.21. The van der Waals surface area contributed by atoms with Crippen molar-refractivity contribution >= 4 is 18.0 Å². The Labute approximate surface area is 151 Å². The van der Waals surface area contributed by atoms with Crippen LogP contribution in [0.15, 0.2) is 29.8 Å². The van der Waals surface area contributed by atoms with Crippen molar-refractivity contribution in [3.8, 4) is 17.1 Å². The summed E-state index contributed by atoms with van der Waals surface area (Å²) in [5, 5.41) is 10.2. The molecule has 4 rings (SSSR count). The highest BCUT2D eigenvalue weighted by Crippen LogP contribution is 2.35. The second-order valence-electron chi connectivity index (χ2n) is 6.90. The van der Waals surface area contributed by atoms with E-state index in [1.54, 1.807) is 0 Å². The summed E-state index contributed by atoms with van der Waals surface area (Å²) in [7, 11) is 0. The molecule has 0 radical (unpaired) electrons. The number of aromatic nitrogens is 2. The number of fused-ring (bicyclic) bond motifs is 1. The van der Waals surface area contributed by atoms with E-state index in [0.29, 0.717) is 6.54 Å². The van der Waals surface area contributed by atoms with Gasteiger partial charge in [-0.2, -0.15) is 0 Å². The van der Waals surface area contributed by atoms with Crippen molar-refractivity contribution in [1.29, 1.82) is 0 Å². The van der Waals surface area contributed by atoms with Crippen molar-refractivity contribution < 1.29 is 9.50 Å². The monoisotopic (exact) mass is 352 g/mol. The Morgan fingerprint density at radius 2 is 2.15 bits per heavy atom. The van der Waals surface area contributed by atoms with Crippen LogP contribution >= 0.6 is 0 Å². The molecule has 0 spiro atoms. The number of hydrogen-bond donors (Lipinski definition) is 2. The molecule has 0 bridgehead atoms. The normalized spacial score (nSPS) is 19.3. The van der Waals surface area contributed by atoms with Crippen molar-refractivity contribution in [2.45, 2.75) is 25.8 Å². The molecule has 1 atom stereocenters. The number of halogens is 1. The summed E-state index contributed by atoms with van der Waals surface area (Å²) in [6.07, 6.45) is 7.82. The van der Waals surface area contributed by atoms with Crippen LogP contribution in [0.1, 0.15) is 31.0 Å². The minimum absolute atomic E-state index is 0.0272. The molecular weight excluding hydrogens is 331 g/mol. The van der Waals surface area contributed by atoms with Gasteiger partial charge < -0.3 is 15.7 Å². The van der Waals surface area contributed by atoms with E-state index < -0.39 is 5.82 Å². The van der Waals surface area contributed by atoms with Gasteiger partial charge in [-0.1, -0.05) is 23.8 Å². The molecule has 0 saturated carbocycles. The number of nitrogens with zero attached hydrogens (tertiary/aromatic N) is 3. The van der Waals surface area contributed by atoms with Gasteiger partial charge in [0.1, 0.15) is 17.4 Å². The molecule has 1 saturated heterocycles. The second kappa shape index (κ2) is 6.53. The molecule has 6 heteroatoms. The van der Waals surface area contributed by atoms with Gasteiger partial charge in [-0.25, -0.2) is 14.4 Å². The zero-order valence-corrected chi connectivity index (χ0v) is 14.6. The van der Waals surface area contributed by atoms with Gasteiger partial charge in [-0.05, 0) is 38.0 Å². The van der Waals surface area contributed by atoms with E-state index in [1.165, 1.54) is 18.2 Å². The quantitative estimate of drug-likeness (QED) is 0.867. The number of allylic oxidation sites excluding steroid dienone is 2. The van der Waals surface area contributed by atoms with Crippen LogP contribution in [0.4, 0.5) is 10.2 Å². The summed E-state index contributed by atoms with van der Waals surface area (Å²) in [5.74, 6) is 0.217. The first kappa shape index (κ1) is 16.7. The molecule has 1 aliphatic heterocycles. The summed E-state index contributed by atoms with van der Waals surface area (Å²) in [6.45, 7) is 3.53. The van der Waals surface area contributed by atoms with Gasteiger partial charge in [0.25, 0.3) is 0 Å². The molecule has 5 nitrogen and oxygen atoms in total. The minimum Gasteiger partial charge on any atom is -0.507 e. The lowest BCUT2D eigenvalue weighted by molar-refractivity contribution is 0.471. The highest BCUT2D eigenvalue weighted by atomic mass is 19.1. The molecule has 26 heavy (non-hydrogen) atoms. The van der Waals surface area contributed by atoms with E-state index in [-0.39, 0.29) is 23.2 Å². The summed E-state index contributed by atoms with van der Waals surface area (Å²) in [4.78, 5) is 11.3. The zero-order valence-electron chi connectivity index (χ0n) is 14.6. The van der Waals surface area contributed by atoms with Crippen molar-refractivity contribution in [3.05, 3.63) is 46.9 Å². The van der Waals surface area contributed by atoms with Gasteiger partial charge in [-0.3, -0.25) is 0 Å². The van der Waals surface area contributed by atoms with Crippen molar-refractivity contribution in [1.82, 2.24) is 9.97 Å². The number of phenols is 1. The van der Waals surface area contributed by atoms with E-state index in [4.69, 9.17) is 5.73 Å². The average molecular weight is 352 g/mol. The maximum absolute atomic E-state index is 14.4. The maximum atomic E-state index is 14.4. The predicted molar refractivity (Wildman–Crippen MR) is 101 cm³/mol. The van der Waals surface area contributed by atoms with Crippen molar-refractivity contribution in [3.63, 3.8) is 0 Å². The van der Waals surface area contributed by atoms with Gasteiger partial charge in [0.05, 0.1) is 11.3 Å². The average Bonchev–Trinajstić information content (AvgIpc) is 2.93. The van der Waals surface area contributed by atoms with Crippen LogP contribution in [-0.2, 0) is 0 Å². The molecule has 1 aromatic carbocycles. The van der Waals surface area contributed by atoms with Gasteiger partial charge in [0.15, 0.2) is 5.82 Å². The number of aromatic hydroxyl groups is 1. The van der Waals surface area contributed by atoms with Crippen LogP contribution in [0.5, 0.6) is 5.75 Å². The Morgan fingerprint density at radius 1 is 1.31 bits per heavy atom. The van der Waals surface area contributed by atoms with Gasteiger partial charge in [0, 0.05) is 24.7 Å². The Bertz CT molecular complexity index is 902. The number of nitrogens with two attached hydrogens (primary N) is 1. The number of phenolic OH excluding ortho intramolecular Hbond substituents is 1. The van der Waals surface area contributed by atoms with Crippen LogP contribution in [0.25, 0.3) is 23.5 Å². The third-order valence-electron chi connectivity index (χ3n) is 4.80. The second-order valence-corrected chi connectivity index (χ2v) is 6.90. The van der Waals surface area contributed by atoms with E-state index in [1.807, 2.05) is 19.1 Å². The lowest BCUT2D eigenvalue weighted by atomic mass is 10.1. The Kier molecular flexibility index (Phi) is 4.20. The van der Waals surface area contributed by atoms with Gasteiger partial charge in [-0.15, -0.1) is 0 Å². The van der Waals surface area contributed by atoms with E-state index in [9.17, 15) is 9.50 Å². The summed E-state index contributed by atoms with van der Waals surface area (Å²) in [6, 6.07) is 4.30. The Morgan fingerprint density at radius 3 is 2.88 bits per heavy atom. The summed E-state index contributed by atoms with van der Waals surface area (Å²) >= 11 is 0. The molecule has 2 aliphatic rings. The third-order valence-corrected chi connectivity index (χ3v) is 4.80. The number of benzene rings is 1. The third kappa shape index (κ3) is 2.97. The molecule has 1 unspecified atom stereocenters. The Hall–Kier alpha value is -2.73. The van der Waals surface area contributed by atoms with Gasteiger partial charge >= 0.3 is 0 Å². The van der Waals surface area contributed by atoms with Crippen molar-refractivity contribution in [2.75, 3.05) is 18.0 Å². The summed E-state index contributed by atoms with van der Waals surface area (Å²) < 4.78 is 14.4. The van der Waals surface area contributed by atoms with Crippen LogP contribution < -0.4 is 10.6 Å².